The predicted octanol–water partition coefficient (Wildman–Crippen LogP) is 2.61. The molecule has 1 aromatic carbocycles. The molecule has 2 aromatic rings. The molecule has 0 bridgehead atoms. The van der Waals surface area contributed by atoms with Crippen LogP contribution >= 0.6 is 0 Å². The SMILES string of the molecule is Cn1nccc1CN1CCOCCCCOc2ccccc2C1. The first-order valence-corrected chi connectivity index (χ1v) is 8.30. The average Bonchev–Trinajstić information content (AvgIpc) is 2.94. The Bertz CT molecular complexity index is 612. The van der Waals surface area contributed by atoms with Crippen LogP contribution in [0.15, 0.2) is 36.5 Å². The van der Waals surface area contributed by atoms with Crippen molar-refractivity contribution in [2.24, 2.45) is 7.05 Å². The summed E-state index contributed by atoms with van der Waals surface area (Å²) < 4.78 is 13.7. The molecule has 0 atom stereocenters. The third-order valence-corrected chi connectivity index (χ3v) is 4.17. The minimum Gasteiger partial charge on any atom is -0.493 e. The number of ether oxygens (including phenoxy) is 2. The summed E-state index contributed by atoms with van der Waals surface area (Å²) in [5, 5.41) is 4.26. The van der Waals surface area contributed by atoms with E-state index in [-0.39, 0.29) is 0 Å². The fourth-order valence-corrected chi connectivity index (χ4v) is 2.80. The van der Waals surface area contributed by atoms with E-state index in [9.17, 15) is 0 Å². The monoisotopic (exact) mass is 315 g/mol. The van der Waals surface area contributed by atoms with Crippen LogP contribution in [0.3, 0.4) is 0 Å². The number of benzene rings is 1. The summed E-state index contributed by atoms with van der Waals surface area (Å²) in [4.78, 5) is 2.39. The Morgan fingerprint density at radius 2 is 1.96 bits per heavy atom. The Morgan fingerprint density at radius 3 is 2.83 bits per heavy atom. The first-order valence-electron chi connectivity index (χ1n) is 8.30. The molecule has 0 fully saturated rings. The van der Waals surface area contributed by atoms with Crippen LogP contribution in [0.4, 0.5) is 0 Å². The Morgan fingerprint density at radius 1 is 1.09 bits per heavy atom. The zero-order valence-electron chi connectivity index (χ0n) is 13.8. The van der Waals surface area contributed by atoms with Crippen molar-refractivity contribution in [3.8, 4) is 5.75 Å². The molecule has 2 heterocycles. The van der Waals surface area contributed by atoms with Crippen molar-refractivity contribution in [3.63, 3.8) is 0 Å². The van der Waals surface area contributed by atoms with Gasteiger partial charge in [0, 0.05) is 45.0 Å². The predicted molar refractivity (Wildman–Crippen MR) is 89.3 cm³/mol. The molecule has 0 saturated heterocycles. The lowest BCUT2D eigenvalue weighted by Crippen LogP contribution is -2.28. The minimum absolute atomic E-state index is 0.752. The zero-order chi connectivity index (χ0) is 15.9. The molecule has 0 radical (unpaired) electrons. The Labute approximate surface area is 137 Å². The molecule has 1 aliphatic heterocycles. The highest BCUT2D eigenvalue weighted by atomic mass is 16.5. The molecule has 1 aromatic heterocycles. The molecule has 124 valence electrons. The van der Waals surface area contributed by atoms with E-state index in [1.165, 1.54) is 11.3 Å². The van der Waals surface area contributed by atoms with E-state index in [4.69, 9.17) is 9.47 Å². The molecule has 0 N–H and O–H groups in total. The van der Waals surface area contributed by atoms with Gasteiger partial charge < -0.3 is 9.47 Å². The lowest BCUT2D eigenvalue weighted by Gasteiger charge is -2.24. The van der Waals surface area contributed by atoms with E-state index in [0.29, 0.717) is 0 Å². The standard InChI is InChI=1S/C18H25N3O2/c1-20-17(8-9-19-20)15-21-10-13-22-11-4-5-12-23-18-7-3-2-6-16(18)14-21/h2-3,6-9H,4-5,10-15H2,1H3. The molecule has 0 aliphatic carbocycles. The van der Waals surface area contributed by atoms with Crippen molar-refractivity contribution in [2.75, 3.05) is 26.4 Å². The number of aryl methyl sites for hydroxylation is 1. The van der Waals surface area contributed by atoms with Crippen LogP contribution in [-0.4, -0.2) is 41.0 Å². The van der Waals surface area contributed by atoms with Crippen molar-refractivity contribution in [2.45, 2.75) is 25.9 Å². The van der Waals surface area contributed by atoms with Crippen LogP contribution in [0.25, 0.3) is 0 Å². The highest BCUT2D eigenvalue weighted by molar-refractivity contribution is 5.33. The summed E-state index contributed by atoms with van der Waals surface area (Å²) in [6.45, 7) is 4.94. The average molecular weight is 315 g/mol. The number of aromatic nitrogens is 2. The molecule has 0 amide bonds. The van der Waals surface area contributed by atoms with Gasteiger partial charge in [-0.05, 0) is 25.0 Å². The summed E-state index contributed by atoms with van der Waals surface area (Å²) in [5.41, 5.74) is 2.44. The number of fused-ring (bicyclic) bond motifs is 1. The van der Waals surface area contributed by atoms with Gasteiger partial charge in [-0.1, -0.05) is 18.2 Å². The first-order chi connectivity index (χ1) is 11.3. The van der Waals surface area contributed by atoms with Crippen LogP contribution < -0.4 is 4.74 Å². The molecular formula is C18H25N3O2. The van der Waals surface area contributed by atoms with E-state index in [1.54, 1.807) is 0 Å². The number of rotatable bonds is 2. The molecule has 0 saturated carbocycles. The topological polar surface area (TPSA) is 39.5 Å². The fourth-order valence-electron chi connectivity index (χ4n) is 2.80. The minimum atomic E-state index is 0.752. The Hall–Kier alpha value is -1.85. The normalized spacial score (nSPS) is 17.6. The quantitative estimate of drug-likeness (QED) is 0.854. The van der Waals surface area contributed by atoms with Crippen molar-refractivity contribution in [3.05, 3.63) is 47.8 Å². The van der Waals surface area contributed by atoms with Crippen molar-refractivity contribution >= 4 is 0 Å². The van der Waals surface area contributed by atoms with Crippen LogP contribution in [0.1, 0.15) is 24.1 Å². The Balaban J connectivity index is 1.76. The zero-order valence-corrected chi connectivity index (χ0v) is 13.8. The summed E-state index contributed by atoms with van der Waals surface area (Å²) in [6.07, 6.45) is 3.93. The van der Waals surface area contributed by atoms with Gasteiger partial charge in [-0.3, -0.25) is 9.58 Å². The van der Waals surface area contributed by atoms with Crippen molar-refractivity contribution in [1.29, 1.82) is 0 Å². The number of nitrogens with zero attached hydrogens (tertiary/aromatic N) is 3. The Kier molecular flexibility index (Phi) is 5.66. The highest BCUT2D eigenvalue weighted by Gasteiger charge is 2.13. The van der Waals surface area contributed by atoms with Gasteiger partial charge in [0.2, 0.25) is 0 Å². The summed E-state index contributed by atoms with van der Waals surface area (Å²) in [6, 6.07) is 10.4. The third-order valence-electron chi connectivity index (χ3n) is 4.17. The van der Waals surface area contributed by atoms with Crippen LogP contribution in [0.2, 0.25) is 0 Å². The van der Waals surface area contributed by atoms with Gasteiger partial charge in [0.25, 0.3) is 0 Å². The molecular weight excluding hydrogens is 290 g/mol. The van der Waals surface area contributed by atoms with E-state index >= 15 is 0 Å². The number of para-hydroxylation sites is 1. The summed E-state index contributed by atoms with van der Waals surface area (Å²) in [7, 11) is 1.99. The van der Waals surface area contributed by atoms with E-state index in [2.05, 4.69) is 34.3 Å². The van der Waals surface area contributed by atoms with E-state index in [1.807, 2.05) is 24.0 Å². The maximum atomic E-state index is 5.97. The molecule has 1 aliphatic rings. The second kappa shape index (κ2) is 8.13. The van der Waals surface area contributed by atoms with Crippen molar-refractivity contribution in [1.82, 2.24) is 14.7 Å². The fraction of sp³-hybridized carbons (Fsp3) is 0.500. The molecule has 5 nitrogen and oxygen atoms in total. The molecule has 0 spiro atoms. The summed E-state index contributed by atoms with van der Waals surface area (Å²) in [5.74, 6) is 1.00. The molecule has 5 heteroatoms. The van der Waals surface area contributed by atoms with Gasteiger partial charge in [-0.15, -0.1) is 0 Å². The van der Waals surface area contributed by atoms with Crippen LogP contribution in [0, 0.1) is 0 Å². The highest BCUT2D eigenvalue weighted by Crippen LogP contribution is 2.21. The van der Waals surface area contributed by atoms with E-state index < -0.39 is 0 Å². The van der Waals surface area contributed by atoms with Gasteiger partial charge in [0.1, 0.15) is 5.75 Å². The van der Waals surface area contributed by atoms with Gasteiger partial charge in [-0.25, -0.2) is 0 Å². The molecule has 0 unspecified atom stereocenters. The molecule has 23 heavy (non-hydrogen) atoms. The van der Waals surface area contributed by atoms with Gasteiger partial charge in [0.05, 0.1) is 18.9 Å². The van der Waals surface area contributed by atoms with Gasteiger partial charge >= 0.3 is 0 Å². The number of hydrogen-bond acceptors (Lipinski definition) is 4. The van der Waals surface area contributed by atoms with Gasteiger partial charge in [0.15, 0.2) is 0 Å². The maximum Gasteiger partial charge on any atom is 0.123 e. The van der Waals surface area contributed by atoms with Crippen LogP contribution in [-0.2, 0) is 24.9 Å². The lowest BCUT2D eigenvalue weighted by molar-refractivity contribution is 0.0901. The second-order valence-electron chi connectivity index (χ2n) is 5.93. The lowest BCUT2D eigenvalue weighted by atomic mass is 10.1. The largest absolute Gasteiger partial charge is 0.493 e. The number of hydrogen-bond donors (Lipinski definition) is 0. The third kappa shape index (κ3) is 4.56. The van der Waals surface area contributed by atoms with Crippen molar-refractivity contribution < 1.29 is 9.47 Å². The molecule has 3 rings (SSSR count). The second-order valence-corrected chi connectivity index (χ2v) is 5.93. The maximum absolute atomic E-state index is 5.97. The van der Waals surface area contributed by atoms with Crippen LogP contribution in [0.5, 0.6) is 5.75 Å². The summed E-state index contributed by atoms with van der Waals surface area (Å²) >= 11 is 0. The van der Waals surface area contributed by atoms with E-state index in [0.717, 1.165) is 58.0 Å². The van der Waals surface area contributed by atoms with Gasteiger partial charge in [-0.2, -0.15) is 5.10 Å². The smallest absolute Gasteiger partial charge is 0.123 e. The first kappa shape index (κ1) is 16.0.